The van der Waals surface area contributed by atoms with Crippen molar-refractivity contribution in [2.45, 2.75) is 0 Å². The molecule has 10 aromatic rings. The highest BCUT2D eigenvalue weighted by Crippen LogP contribution is 2.40. The van der Waals surface area contributed by atoms with Gasteiger partial charge in [0, 0.05) is 51.7 Å². The monoisotopic (exact) mass is 705 g/mol. The fraction of sp³-hybridized carbons (Fsp3) is 0. The van der Waals surface area contributed by atoms with E-state index in [9.17, 15) is 0 Å². The molecule has 260 valence electrons. The number of fused-ring (bicyclic) bond motifs is 2. The predicted octanol–water partition coefficient (Wildman–Crippen LogP) is 12.8. The van der Waals surface area contributed by atoms with Crippen molar-refractivity contribution in [3.8, 4) is 56.2 Å². The fourth-order valence-corrected chi connectivity index (χ4v) is 7.56. The Hall–Kier alpha value is -7.50. The summed E-state index contributed by atoms with van der Waals surface area (Å²) in [6.07, 6.45) is 4.18. The first-order chi connectivity index (χ1) is 27.3. The molecule has 0 aliphatic rings. The summed E-state index contributed by atoms with van der Waals surface area (Å²) in [4.78, 5) is 12.5. The van der Waals surface area contributed by atoms with Gasteiger partial charge in [0.2, 0.25) is 0 Å². The van der Waals surface area contributed by atoms with Crippen LogP contribution in [0, 0.1) is 0 Å². The van der Waals surface area contributed by atoms with Gasteiger partial charge in [-0.05, 0) is 71.8 Å². The first-order valence-corrected chi connectivity index (χ1v) is 18.5. The van der Waals surface area contributed by atoms with E-state index in [0.717, 1.165) is 73.4 Å². The quantitative estimate of drug-likeness (QED) is 0.158. The molecule has 0 saturated carbocycles. The first-order valence-electron chi connectivity index (χ1n) is 18.5. The molecule has 0 atom stereocenters. The lowest BCUT2D eigenvalue weighted by molar-refractivity contribution is 1.19. The molecule has 0 spiro atoms. The summed E-state index contributed by atoms with van der Waals surface area (Å²) in [6.45, 7) is 0. The van der Waals surface area contributed by atoms with E-state index < -0.39 is 0 Å². The van der Waals surface area contributed by atoms with Crippen molar-refractivity contribution in [3.05, 3.63) is 213 Å². The smallest absolute Gasteiger partial charge is 0.137 e. The fourth-order valence-electron chi connectivity index (χ4n) is 7.56. The molecular formula is C50H35N5. The Morgan fingerprint density at radius 2 is 0.618 bits per heavy atom. The zero-order valence-electron chi connectivity index (χ0n) is 29.9. The lowest BCUT2D eigenvalue weighted by atomic mass is 10.0. The normalized spacial score (nSPS) is 11.3. The van der Waals surface area contributed by atoms with Crippen LogP contribution >= 0.6 is 0 Å². The topological polar surface area (TPSA) is 37.8 Å². The molecule has 0 amide bonds. The summed E-state index contributed by atoms with van der Waals surface area (Å²) in [7, 11) is 0. The molecule has 5 nitrogen and oxygen atoms in total. The van der Waals surface area contributed by atoms with Gasteiger partial charge in [-0.2, -0.15) is 0 Å². The molecule has 4 aromatic heterocycles. The number of benzene rings is 6. The van der Waals surface area contributed by atoms with Crippen LogP contribution in [0.2, 0.25) is 0 Å². The summed E-state index contributed by atoms with van der Waals surface area (Å²) < 4.78 is 4.36. The maximum Gasteiger partial charge on any atom is 0.137 e. The third-order valence-corrected chi connectivity index (χ3v) is 10.2. The molecule has 0 aliphatic heterocycles. The first kappa shape index (κ1) is 32.2. The van der Waals surface area contributed by atoms with Gasteiger partial charge in [0.05, 0.1) is 22.8 Å². The van der Waals surface area contributed by atoms with Gasteiger partial charge < -0.3 is 4.90 Å². The molecule has 0 unspecified atom stereocenters. The van der Waals surface area contributed by atoms with Crippen molar-refractivity contribution in [1.29, 1.82) is 0 Å². The van der Waals surface area contributed by atoms with Crippen molar-refractivity contribution < 1.29 is 0 Å². The van der Waals surface area contributed by atoms with Gasteiger partial charge in [0.1, 0.15) is 11.3 Å². The number of nitrogens with zero attached hydrogens (tertiary/aromatic N) is 5. The third-order valence-electron chi connectivity index (χ3n) is 10.2. The van der Waals surface area contributed by atoms with Crippen LogP contribution in [-0.4, -0.2) is 18.8 Å². The number of aromatic nitrogens is 4. The SMILES string of the molecule is c1ccc(-c2ccc(N(c3ccc(-c4c(-c5ccccc5)nc5ccccn45)cc3)c3ccc(-c4c(-c5ccccc5)nc5ccccn45)cc3)cc2)cc1. The van der Waals surface area contributed by atoms with Crippen LogP contribution in [0.25, 0.3) is 67.5 Å². The van der Waals surface area contributed by atoms with Gasteiger partial charge in [0.15, 0.2) is 0 Å². The van der Waals surface area contributed by atoms with E-state index >= 15 is 0 Å². The van der Waals surface area contributed by atoms with Crippen LogP contribution in [-0.2, 0) is 0 Å². The molecule has 55 heavy (non-hydrogen) atoms. The summed E-state index contributed by atoms with van der Waals surface area (Å²) in [6, 6.07) is 70.2. The zero-order chi connectivity index (χ0) is 36.6. The van der Waals surface area contributed by atoms with E-state index in [0.29, 0.717) is 0 Å². The highest BCUT2D eigenvalue weighted by molar-refractivity contribution is 5.86. The maximum absolute atomic E-state index is 5.07. The molecule has 0 fully saturated rings. The molecule has 10 rings (SSSR count). The number of anilines is 3. The molecule has 0 N–H and O–H groups in total. The summed E-state index contributed by atoms with van der Waals surface area (Å²) in [5.41, 5.74) is 15.8. The Balaban J connectivity index is 1.08. The predicted molar refractivity (Wildman–Crippen MR) is 226 cm³/mol. The minimum atomic E-state index is 0.919. The molecule has 4 heterocycles. The van der Waals surface area contributed by atoms with Gasteiger partial charge in [0.25, 0.3) is 0 Å². The summed E-state index contributed by atoms with van der Waals surface area (Å²) >= 11 is 0. The Morgan fingerprint density at radius 1 is 0.291 bits per heavy atom. The van der Waals surface area contributed by atoms with Crippen molar-refractivity contribution in [3.63, 3.8) is 0 Å². The molecular weight excluding hydrogens is 671 g/mol. The van der Waals surface area contributed by atoms with Crippen molar-refractivity contribution in [1.82, 2.24) is 18.8 Å². The van der Waals surface area contributed by atoms with Crippen LogP contribution in [0.5, 0.6) is 0 Å². The van der Waals surface area contributed by atoms with Crippen molar-refractivity contribution in [2.75, 3.05) is 4.90 Å². The number of imidazole rings is 2. The van der Waals surface area contributed by atoms with Gasteiger partial charge in [-0.1, -0.05) is 140 Å². The average Bonchev–Trinajstić information content (AvgIpc) is 3.85. The highest BCUT2D eigenvalue weighted by Gasteiger charge is 2.20. The minimum Gasteiger partial charge on any atom is -0.311 e. The second-order valence-electron chi connectivity index (χ2n) is 13.5. The maximum atomic E-state index is 5.07. The molecule has 0 saturated heterocycles. The van der Waals surface area contributed by atoms with Crippen LogP contribution in [0.3, 0.4) is 0 Å². The van der Waals surface area contributed by atoms with Gasteiger partial charge in [-0.25, -0.2) is 9.97 Å². The number of hydrogen-bond donors (Lipinski definition) is 0. The highest BCUT2D eigenvalue weighted by atomic mass is 15.1. The Morgan fingerprint density at radius 3 is 1.02 bits per heavy atom. The Bertz CT molecular complexity index is 2720. The number of hydrogen-bond acceptors (Lipinski definition) is 3. The average molecular weight is 706 g/mol. The lowest BCUT2D eigenvalue weighted by Gasteiger charge is -2.26. The second kappa shape index (κ2) is 13.8. The van der Waals surface area contributed by atoms with E-state index in [1.165, 1.54) is 11.1 Å². The van der Waals surface area contributed by atoms with Gasteiger partial charge in [-0.3, -0.25) is 8.80 Å². The molecule has 5 heteroatoms. The van der Waals surface area contributed by atoms with Crippen LogP contribution in [0.15, 0.2) is 213 Å². The van der Waals surface area contributed by atoms with Crippen LogP contribution < -0.4 is 4.90 Å². The Labute approximate surface area is 319 Å². The molecule has 0 radical (unpaired) electrons. The minimum absolute atomic E-state index is 0.919. The largest absolute Gasteiger partial charge is 0.311 e. The Kier molecular flexibility index (Phi) is 8.08. The molecule has 0 aliphatic carbocycles. The number of pyridine rings is 2. The van der Waals surface area contributed by atoms with Gasteiger partial charge in [-0.15, -0.1) is 0 Å². The van der Waals surface area contributed by atoms with Crippen LogP contribution in [0.4, 0.5) is 17.1 Å². The lowest BCUT2D eigenvalue weighted by Crippen LogP contribution is -2.10. The van der Waals surface area contributed by atoms with Gasteiger partial charge >= 0.3 is 0 Å². The summed E-state index contributed by atoms with van der Waals surface area (Å²) in [5.74, 6) is 0. The van der Waals surface area contributed by atoms with E-state index in [1.54, 1.807) is 0 Å². The number of rotatable bonds is 8. The van der Waals surface area contributed by atoms with Crippen molar-refractivity contribution >= 4 is 28.4 Å². The third kappa shape index (κ3) is 5.94. The summed E-state index contributed by atoms with van der Waals surface area (Å²) in [5, 5.41) is 0. The second-order valence-corrected chi connectivity index (χ2v) is 13.5. The molecule has 0 bridgehead atoms. The zero-order valence-corrected chi connectivity index (χ0v) is 29.9. The van der Waals surface area contributed by atoms with Crippen LogP contribution in [0.1, 0.15) is 0 Å². The molecule has 6 aromatic carbocycles. The standard InChI is InChI=1S/C50H35N5/c1-4-14-36(15-5-1)37-22-28-42(29-23-37)55(43-30-24-40(25-31-43)49-47(38-16-6-2-7-17-38)51-45-20-10-12-34-53(45)49)44-32-26-41(27-33-44)50-48(39-18-8-3-9-19-39)52-46-21-11-13-35-54(46)50/h1-35H. The van der Waals surface area contributed by atoms with E-state index in [-0.39, 0.29) is 0 Å². The van der Waals surface area contributed by atoms with E-state index in [1.807, 2.05) is 24.3 Å². The van der Waals surface area contributed by atoms with E-state index in [2.05, 4.69) is 202 Å². The van der Waals surface area contributed by atoms with E-state index in [4.69, 9.17) is 9.97 Å². The van der Waals surface area contributed by atoms with Crippen molar-refractivity contribution in [2.24, 2.45) is 0 Å².